The lowest BCUT2D eigenvalue weighted by molar-refractivity contribution is -0.121. The molecule has 3 heterocycles. The number of amides is 2. The van der Waals surface area contributed by atoms with E-state index in [1.165, 1.54) is 0 Å². The third kappa shape index (κ3) is 3.58. The summed E-state index contributed by atoms with van der Waals surface area (Å²) < 4.78 is 16.7. The van der Waals surface area contributed by atoms with Gasteiger partial charge in [0, 0.05) is 42.2 Å². The molecule has 2 amide bonds. The van der Waals surface area contributed by atoms with Crippen LogP contribution in [0.3, 0.4) is 0 Å². The van der Waals surface area contributed by atoms with Crippen LogP contribution in [0.5, 0.6) is 17.2 Å². The van der Waals surface area contributed by atoms with Crippen LogP contribution >= 0.6 is 0 Å². The molecule has 3 aliphatic heterocycles. The van der Waals surface area contributed by atoms with Crippen molar-refractivity contribution in [1.29, 1.82) is 0 Å². The van der Waals surface area contributed by atoms with Gasteiger partial charge in [0.2, 0.25) is 12.7 Å². The average Bonchev–Trinajstić information content (AvgIpc) is 3.37. The van der Waals surface area contributed by atoms with Crippen molar-refractivity contribution >= 4 is 17.5 Å². The standard InChI is InChI=1S/C24H26N2O5/c1-14-15(2)31-22-18(14)4-3-5-19(22)24(28)26-10-8-16(9-11-26)23(27)25-17-6-7-20-21(12-17)30-13-29-20/h3-7,12,14-16H,8-11,13H2,1-2H3,(H,25,27)/t14-,15+/m1/s1. The summed E-state index contributed by atoms with van der Waals surface area (Å²) in [4.78, 5) is 27.7. The third-order valence-corrected chi connectivity index (χ3v) is 6.57. The molecule has 0 radical (unpaired) electrons. The van der Waals surface area contributed by atoms with E-state index in [0.717, 1.165) is 11.3 Å². The van der Waals surface area contributed by atoms with Crippen molar-refractivity contribution in [2.45, 2.75) is 38.7 Å². The Morgan fingerprint density at radius 2 is 1.81 bits per heavy atom. The normalized spacial score (nSPS) is 22.1. The van der Waals surface area contributed by atoms with Crippen LogP contribution < -0.4 is 19.5 Å². The zero-order valence-corrected chi connectivity index (χ0v) is 17.7. The van der Waals surface area contributed by atoms with Gasteiger partial charge in [-0.25, -0.2) is 0 Å². The number of hydrogen-bond donors (Lipinski definition) is 1. The Balaban J connectivity index is 1.21. The molecule has 162 valence electrons. The van der Waals surface area contributed by atoms with Crippen LogP contribution in [0.4, 0.5) is 5.69 Å². The number of para-hydroxylation sites is 1. The summed E-state index contributed by atoms with van der Waals surface area (Å²) in [7, 11) is 0. The molecule has 2 atom stereocenters. The van der Waals surface area contributed by atoms with Crippen LogP contribution in [0, 0.1) is 5.92 Å². The second-order valence-corrected chi connectivity index (χ2v) is 8.46. The Morgan fingerprint density at radius 1 is 1.03 bits per heavy atom. The molecular weight excluding hydrogens is 396 g/mol. The molecule has 0 saturated carbocycles. The number of ether oxygens (including phenoxy) is 3. The highest BCUT2D eigenvalue weighted by atomic mass is 16.7. The summed E-state index contributed by atoms with van der Waals surface area (Å²) >= 11 is 0. The Bertz CT molecular complexity index is 1030. The van der Waals surface area contributed by atoms with Gasteiger partial charge >= 0.3 is 0 Å². The summed E-state index contributed by atoms with van der Waals surface area (Å²) in [5.41, 5.74) is 2.40. The van der Waals surface area contributed by atoms with Crippen molar-refractivity contribution < 1.29 is 23.8 Å². The second kappa shape index (κ2) is 7.80. The topological polar surface area (TPSA) is 77.1 Å². The fourth-order valence-corrected chi connectivity index (χ4v) is 4.49. The molecule has 0 spiro atoms. The Morgan fingerprint density at radius 3 is 2.61 bits per heavy atom. The number of hydrogen-bond acceptors (Lipinski definition) is 5. The average molecular weight is 422 g/mol. The van der Waals surface area contributed by atoms with E-state index in [0.29, 0.717) is 48.7 Å². The van der Waals surface area contributed by atoms with E-state index in [4.69, 9.17) is 14.2 Å². The van der Waals surface area contributed by atoms with Gasteiger partial charge in [-0.1, -0.05) is 19.1 Å². The van der Waals surface area contributed by atoms with Gasteiger partial charge in [0.25, 0.3) is 5.91 Å². The lowest BCUT2D eigenvalue weighted by Gasteiger charge is -2.31. The van der Waals surface area contributed by atoms with Gasteiger partial charge in [0.15, 0.2) is 11.5 Å². The minimum absolute atomic E-state index is 0.0206. The zero-order chi connectivity index (χ0) is 21.5. The molecule has 7 nitrogen and oxygen atoms in total. The van der Waals surface area contributed by atoms with Gasteiger partial charge in [-0.05, 0) is 38.0 Å². The van der Waals surface area contributed by atoms with Crippen molar-refractivity contribution in [1.82, 2.24) is 4.90 Å². The maximum absolute atomic E-state index is 13.2. The molecule has 3 aliphatic rings. The first-order chi connectivity index (χ1) is 15.0. The van der Waals surface area contributed by atoms with Crippen LogP contribution in [-0.2, 0) is 4.79 Å². The van der Waals surface area contributed by atoms with E-state index < -0.39 is 0 Å². The minimum Gasteiger partial charge on any atom is -0.489 e. The molecule has 7 heteroatoms. The van der Waals surface area contributed by atoms with E-state index in [9.17, 15) is 9.59 Å². The van der Waals surface area contributed by atoms with E-state index >= 15 is 0 Å². The largest absolute Gasteiger partial charge is 0.489 e. The molecule has 1 N–H and O–H groups in total. The number of nitrogens with zero attached hydrogens (tertiary/aromatic N) is 1. The second-order valence-electron chi connectivity index (χ2n) is 8.46. The lowest BCUT2D eigenvalue weighted by Crippen LogP contribution is -2.41. The smallest absolute Gasteiger partial charge is 0.257 e. The summed E-state index contributed by atoms with van der Waals surface area (Å²) in [5, 5.41) is 2.96. The Hall–Kier alpha value is -3.22. The third-order valence-electron chi connectivity index (χ3n) is 6.57. The molecule has 0 unspecified atom stereocenters. The summed E-state index contributed by atoms with van der Waals surface area (Å²) in [6.07, 6.45) is 1.32. The van der Waals surface area contributed by atoms with Crippen molar-refractivity contribution in [2.24, 2.45) is 5.92 Å². The number of carbonyl (C=O) groups excluding carboxylic acids is 2. The Labute approximate surface area is 181 Å². The van der Waals surface area contributed by atoms with Gasteiger partial charge < -0.3 is 24.4 Å². The molecule has 1 saturated heterocycles. The van der Waals surface area contributed by atoms with Gasteiger partial charge in [0.05, 0.1) is 5.56 Å². The number of nitrogens with one attached hydrogen (secondary N) is 1. The van der Waals surface area contributed by atoms with E-state index in [-0.39, 0.29) is 36.5 Å². The Kier molecular flexibility index (Phi) is 4.96. The van der Waals surface area contributed by atoms with Crippen molar-refractivity contribution in [3.05, 3.63) is 47.5 Å². The molecule has 0 bridgehead atoms. The van der Waals surface area contributed by atoms with Gasteiger partial charge in [-0.15, -0.1) is 0 Å². The van der Waals surface area contributed by atoms with E-state index in [2.05, 4.69) is 12.2 Å². The predicted molar refractivity (Wildman–Crippen MR) is 115 cm³/mol. The van der Waals surface area contributed by atoms with Crippen LogP contribution in [0.25, 0.3) is 0 Å². The molecule has 31 heavy (non-hydrogen) atoms. The van der Waals surface area contributed by atoms with Crippen LogP contribution in [0.2, 0.25) is 0 Å². The highest BCUT2D eigenvalue weighted by Crippen LogP contribution is 2.41. The predicted octanol–water partition coefficient (Wildman–Crippen LogP) is 3.79. The first-order valence-electron chi connectivity index (χ1n) is 10.8. The number of piperidine rings is 1. The van der Waals surface area contributed by atoms with Gasteiger partial charge in [-0.3, -0.25) is 9.59 Å². The first kappa shape index (κ1) is 19.7. The van der Waals surface area contributed by atoms with Gasteiger partial charge in [-0.2, -0.15) is 0 Å². The molecular formula is C24H26N2O5. The SMILES string of the molecule is C[C@@H]1Oc2c(C(=O)N3CCC(C(=O)Nc4ccc5c(c4)OCO5)CC3)cccc2[C@@H]1C. The lowest BCUT2D eigenvalue weighted by atomic mass is 9.94. The summed E-state index contributed by atoms with van der Waals surface area (Å²) in [6, 6.07) is 11.2. The van der Waals surface area contributed by atoms with Crippen molar-refractivity contribution in [3.63, 3.8) is 0 Å². The maximum atomic E-state index is 13.2. The number of carbonyl (C=O) groups is 2. The fourth-order valence-electron chi connectivity index (χ4n) is 4.49. The fraction of sp³-hybridized carbons (Fsp3) is 0.417. The molecule has 0 aromatic heterocycles. The highest BCUT2D eigenvalue weighted by Gasteiger charge is 2.34. The quantitative estimate of drug-likeness (QED) is 0.814. The van der Waals surface area contributed by atoms with Gasteiger partial charge in [0.1, 0.15) is 11.9 Å². The number of fused-ring (bicyclic) bond motifs is 2. The number of anilines is 1. The summed E-state index contributed by atoms with van der Waals surface area (Å²) in [6.45, 7) is 5.45. The molecule has 0 aliphatic carbocycles. The van der Waals surface area contributed by atoms with Crippen molar-refractivity contribution in [2.75, 3.05) is 25.2 Å². The first-order valence-corrected chi connectivity index (χ1v) is 10.8. The molecule has 1 fully saturated rings. The highest BCUT2D eigenvalue weighted by molar-refractivity contribution is 5.98. The molecule has 2 aromatic carbocycles. The number of rotatable bonds is 3. The molecule has 5 rings (SSSR count). The van der Waals surface area contributed by atoms with E-state index in [1.807, 2.05) is 36.1 Å². The monoisotopic (exact) mass is 422 g/mol. The van der Waals surface area contributed by atoms with Crippen LogP contribution in [0.15, 0.2) is 36.4 Å². The number of benzene rings is 2. The molecule has 2 aromatic rings. The summed E-state index contributed by atoms with van der Waals surface area (Å²) in [5.74, 6) is 2.13. The number of likely N-dealkylation sites (tertiary alicyclic amines) is 1. The zero-order valence-electron chi connectivity index (χ0n) is 17.7. The van der Waals surface area contributed by atoms with E-state index in [1.54, 1.807) is 12.1 Å². The minimum atomic E-state index is -0.132. The van der Waals surface area contributed by atoms with Crippen LogP contribution in [0.1, 0.15) is 48.5 Å². The van der Waals surface area contributed by atoms with Crippen molar-refractivity contribution in [3.8, 4) is 17.2 Å². The maximum Gasteiger partial charge on any atom is 0.257 e. The van der Waals surface area contributed by atoms with Crippen LogP contribution in [-0.4, -0.2) is 42.7 Å².